The standard InChI is InChI=1S/C27H25ClFN7O4S/c1-41(39,40)33-27(38)23-10-9-21(15-24(23)29)30-16-22(13-18-5-3-2-4-6-18)32-26(37)12-7-19-14-20(28)8-11-25(19)36-17-31-34-35-36/h2-12,14-15,17,22,30H,13,16H2,1H3,(H,32,37)(H,33,38)/b12-7+. The summed E-state index contributed by atoms with van der Waals surface area (Å²) in [5.41, 5.74) is 2.14. The topological polar surface area (TPSA) is 148 Å². The summed E-state index contributed by atoms with van der Waals surface area (Å²) in [6.07, 6.45) is 5.66. The van der Waals surface area contributed by atoms with E-state index in [-0.39, 0.29) is 12.5 Å². The molecule has 1 atom stereocenters. The molecule has 3 N–H and O–H groups in total. The van der Waals surface area contributed by atoms with Gasteiger partial charge in [-0.15, -0.1) is 5.10 Å². The van der Waals surface area contributed by atoms with Gasteiger partial charge in [0.1, 0.15) is 12.1 Å². The molecule has 0 aliphatic rings. The predicted octanol–water partition coefficient (Wildman–Crippen LogP) is 3.00. The van der Waals surface area contributed by atoms with Crippen molar-refractivity contribution in [3.8, 4) is 5.69 Å². The average Bonchev–Trinajstić information content (AvgIpc) is 3.45. The number of anilines is 1. The van der Waals surface area contributed by atoms with Gasteiger partial charge in [0.25, 0.3) is 5.91 Å². The highest BCUT2D eigenvalue weighted by atomic mass is 35.5. The molecule has 4 rings (SSSR count). The van der Waals surface area contributed by atoms with Crippen molar-refractivity contribution in [3.63, 3.8) is 0 Å². The molecular formula is C27H25ClFN7O4S. The number of tetrazole rings is 1. The number of carbonyl (C=O) groups is 2. The molecule has 0 spiro atoms. The molecule has 1 aromatic heterocycles. The van der Waals surface area contributed by atoms with Gasteiger partial charge in [-0.2, -0.15) is 4.68 Å². The predicted molar refractivity (Wildman–Crippen MR) is 152 cm³/mol. The van der Waals surface area contributed by atoms with Crippen LogP contribution < -0.4 is 15.4 Å². The Morgan fingerprint density at radius 1 is 1.10 bits per heavy atom. The molecule has 3 aromatic carbocycles. The summed E-state index contributed by atoms with van der Waals surface area (Å²) >= 11 is 6.15. The Kier molecular flexibility index (Phi) is 9.42. The zero-order valence-electron chi connectivity index (χ0n) is 21.7. The molecule has 4 aromatic rings. The van der Waals surface area contributed by atoms with Crippen molar-refractivity contribution in [3.05, 3.63) is 107 Å². The third kappa shape index (κ3) is 8.68. The maximum absolute atomic E-state index is 14.6. The number of amides is 2. The Hall–Kier alpha value is -4.62. The lowest BCUT2D eigenvalue weighted by Gasteiger charge is -2.20. The maximum Gasteiger partial charge on any atom is 0.267 e. The summed E-state index contributed by atoms with van der Waals surface area (Å²) < 4.78 is 40.4. The molecule has 0 radical (unpaired) electrons. The number of carbonyl (C=O) groups excluding carboxylic acids is 2. The molecule has 41 heavy (non-hydrogen) atoms. The molecular weight excluding hydrogens is 573 g/mol. The summed E-state index contributed by atoms with van der Waals surface area (Å²) in [7, 11) is -3.84. The van der Waals surface area contributed by atoms with E-state index in [4.69, 9.17) is 11.6 Å². The smallest absolute Gasteiger partial charge is 0.267 e. The van der Waals surface area contributed by atoms with Crippen LogP contribution in [-0.4, -0.2) is 59.3 Å². The first-order valence-corrected chi connectivity index (χ1v) is 14.5. The average molecular weight is 598 g/mol. The fourth-order valence-electron chi connectivity index (χ4n) is 3.90. The number of benzene rings is 3. The third-order valence-corrected chi connectivity index (χ3v) is 6.51. The van der Waals surface area contributed by atoms with Gasteiger partial charge in [-0.3, -0.25) is 9.59 Å². The van der Waals surface area contributed by atoms with Crippen LogP contribution >= 0.6 is 11.6 Å². The highest BCUT2D eigenvalue weighted by Crippen LogP contribution is 2.20. The number of nitrogens with one attached hydrogen (secondary N) is 3. The van der Waals surface area contributed by atoms with Gasteiger partial charge in [0.2, 0.25) is 15.9 Å². The largest absolute Gasteiger partial charge is 0.383 e. The SMILES string of the molecule is CS(=O)(=O)NC(=O)c1ccc(NCC(Cc2ccccc2)NC(=O)/C=C/c2cc(Cl)ccc2-n2cnnn2)cc1F. The second-order valence-corrected chi connectivity index (χ2v) is 11.1. The van der Waals surface area contributed by atoms with E-state index >= 15 is 0 Å². The van der Waals surface area contributed by atoms with Gasteiger partial charge in [-0.1, -0.05) is 41.9 Å². The molecule has 0 saturated carbocycles. The monoisotopic (exact) mass is 597 g/mol. The van der Waals surface area contributed by atoms with Crippen molar-refractivity contribution in [1.29, 1.82) is 0 Å². The fourth-order valence-corrected chi connectivity index (χ4v) is 4.53. The van der Waals surface area contributed by atoms with Crippen LogP contribution in [0.25, 0.3) is 11.8 Å². The van der Waals surface area contributed by atoms with E-state index < -0.39 is 33.4 Å². The molecule has 0 bridgehead atoms. The lowest BCUT2D eigenvalue weighted by atomic mass is 10.1. The molecule has 0 fully saturated rings. The fraction of sp³-hybridized carbons (Fsp3) is 0.148. The normalized spacial score (nSPS) is 12.2. The zero-order valence-corrected chi connectivity index (χ0v) is 23.2. The van der Waals surface area contributed by atoms with Gasteiger partial charge < -0.3 is 10.6 Å². The van der Waals surface area contributed by atoms with Crippen LogP contribution in [0.1, 0.15) is 21.5 Å². The van der Waals surface area contributed by atoms with Crippen molar-refractivity contribution < 1.29 is 22.4 Å². The van der Waals surface area contributed by atoms with Crippen molar-refractivity contribution in [1.82, 2.24) is 30.2 Å². The number of halogens is 2. The van der Waals surface area contributed by atoms with Crippen LogP contribution in [0.5, 0.6) is 0 Å². The van der Waals surface area contributed by atoms with Crippen molar-refractivity contribution in [2.75, 3.05) is 18.1 Å². The highest BCUT2D eigenvalue weighted by molar-refractivity contribution is 7.89. The molecule has 0 aliphatic heterocycles. The molecule has 2 amide bonds. The van der Waals surface area contributed by atoms with Gasteiger partial charge in [-0.25, -0.2) is 17.5 Å². The summed E-state index contributed by atoms with van der Waals surface area (Å²) in [6.45, 7) is 0.218. The highest BCUT2D eigenvalue weighted by Gasteiger charge is 2.17. The number of rotatable bonds is 11. The lowest BCUT2D eigenvalue weighted by molar-refractivity contribution is -0.117. The summed E-state index contributed by atoms with van der Waals surface area (Å²) in [5, 5.41) is 17.6. The van der Waals surface area contributed by atoms with E-state index in [1.165, 1.54) is 29.2 Å². The van der Waals surface area contributed by atoms with Crippen LogP contribution in [0, 0.1) is 5.82 Å². The lowest BCUT2D eigenvalue weighted by Crippen LogP contribution is -2.40. The first-order valence-electron chi connectivity index (χ1n) is 12.2. The second kappa shape index (κ2) is 13.2. The number of sulfonamides is 1. The number of hydrogen-bond acceptors (Lipinski definition) is 8. The first kappa shape index (κ1) is 29.4. The molecule has 212 valence electrons. The molecule has 1 heterocycles. The minimum Gasteiger partial charge on any atom is -0.383 e. The van der Waals surface area contributed by atoms with Crippen LogP contribution in [-0.2, 0) is 21.2 Å². The quantitative estimate of drug-likeness (QED) is 0.224. The Bertz CT molecular complexity index is 1670. The van der Waals surface area contributed by atoms with Crippen LogP contribution in [0.15, 0.2) is 79.1 Å². The number of hydrogen-bond donors (Lipinski definition) is 3. The molecule has 0 saturated heterocycles. The van der Waals surface area contributed by atoms with Crippen molar-refractivity contribution in [2.24, 2.45) is 0 Å². The Labute approximate surface area is 240 Å². The van der Waals surface area contributed by atoms with Crippen LogP contribution in [0.3, 0.4) is 0 Å². The molecule has 0 aliphatic carbocycles. The minimum absolute atomic E-state index is 0.218. The van der Waals surface area contributed by atoms with E-state index in [0.29, 0.717) is 28.4 Å². The van der Waals surface area contributed by atoms with E-state index in [9.17, 15) is 22.4 Å². The molecule has 11 nitrogen and oxygen atoms in total. The van der Waals surface area contributed by atoms with E-state index in [1.807, 2.05) is 30.3 Å². The summed E-state index contributed by atoms with van der Waals surface area (Å²) in [5.74, 6) is -2.35. The van der Waals surface area contributed by atoms with E-state index in [1.54, 1.807) is 29.0 Å². The van der Waals surface area contributed by atoms with Crippen molar-refractivity contribution in [2.45, 2.75) is 12.5 Å². The van der Waals surface area contributed by atoms with Crippen LogP contribution in [0.4, 0.5) is 10.1 Å². The maximum atomic E-state index is 14.6. The summed E-state index contributed by atoms with van der Waals surface area (Å²) in [4.78, 5) is 25.0. The molecule has 14 heteroatoms. The van der Waals surface area contributed by atoms with Gasteiger partial charge in [-0.05, 0) is 64.9 Å². The Morgan fingerprint density at radius 2 is 1.88 bits per heavy atom. The van der Waals surface area contributed by atoms with Crippen LogP contribution in [0.2, 0.25) is 5.02 Å². The second-order valence-electron chi connectivity index (χ2n) is 8.96. The Balaban J connectivity index is 1.47. The first-order chi connectivity index (χ1) is 19.6. The van der Waals surface area contributed by atoms with E-state index in [0.717, 1.165) is 17.9 Å². The zero-order chi connectivity index (χ0) is 29.4. The number of aromatic nitrogens is 4. The van der Waals surface area contributed by atoms with E-state index in [2.05, 4.69) is 26.2 Å². The number of nitrogens with zero attached hydrogens (tertiary/aromatic N) is 4. The van der Waals surface area contributed by atoms with Gasteiger partial charge in [0.15, 0.2) is 0 Å². The Morgan fingerprint density at radius 3 is 2.56 bits per heavy atom. The molecule has 1 unspecified atom stereocenters. The van der Waals surface area contributed by atoms with Gasteiger partial charge in [0.05, 0.1) is 23.5 Å². The van der Waals surface area contributed by atoms with Crippen molar-refractivity contribution >= 4 is 45.2 Å². The third-order valence-electron chi connectivity index (χ3n) is 5.72. The van der Waals surface area contributed by atoms with Gasteiger partial charge >= 0.3 is 0 Å². The summed E-state index contributed by atoms with van der Waals surface area (Å²) in [6, 6.07) is 17.9. The van der Waals surface area contributed by atoms with Gasteiger partial charge in [0, 0.05) is 28.9 Å². The minimum atomic E-state index is -3.84.